The highest BCUT2D eigenvalue weighted by Crippen LogP contribution is 2.13. The molecule has 128 valence electrons. The van der Waals surface area contributed by atoms with Gasteiger partial charge in [-0.25, -0.2) is 0 Å². The fraction of sp³-hybridized carbons (Fsp3) is 0.235. The molecule has 1 atom stereocenters. The van der Waals surface area contributed by atoms with E-state index in [-0.39, 0.29) is 17.8 Å². The van der Waals surface area contributed by atoms with Crippen molar-refractivity contribution in [2.24, 2.45) is 0 Å². The van der Waals surface area contributed by atoms with Gasteiger partial charge in [0.05, 0.1) is 6.61 Å². The molecule has 0 spiro atoms. The number of carbonyl (C=O) groups excluding carboxylic acids is 1. The number of likely N-dealkylation sites (N-methyl/N-ethyl adjacent to an activating group) is 1. The maximum absolute atomic E-state index is 12.0. The Bertz CT molecular complexity index is 673. The van der Waals surface area contributed by atoms with Crippen LogP contribution in [0.5, 0.6) is 0 Å². The van der Waals surface area contributed by atoms with Gasteiger partial charge >= 0.3 is 8.03 Å². The van der Waals surface area contributed by atoms with Gasteiger partial charge < -0.3 is 20.6 Å². The first-order chi connectivity index (χ1) is 11.5. The Kier molecular flexibility index (Phi) is 8.83. The maximum atomic E-state index is 12.0. The first kappa shape index (κ1) is 19.9. The van der Waals surface area contributed by atoms with E-state index in [4.69, 9.17) is 5.11 Å². The minimum absolute atomic E-state index is 0.131. The monoisotopic (exact) mass is 348 g/mol. The van der Waals surface area contributed by atoms with Gasteiger partial charge in [-0.1, -0.05) is 28.3 Å². The topological polar surface area (TPSA) is 101 Å². The van der Waals surface area contributed by atoms with E-state index in [2.05, 4.69) is 10.6 Å². The van der Waals surface area contributed by atoms with Crippen LogP contribution in [-0.4, -0.2) is 31.2 Å². The summed E-state index contributed by atoms with van der Waals surface area (Å²) in [5.74, 6) is -0.331. The summed E-state index contributed by atoms with van der Waals surface area (Å²) in [6, 6.07) is 13.3. The summed E-state index contributed by atoms with van der Waals surface area (Å²) in [5, 5.41) is 13.6. The third kappa shape index (κ3) is 6.98. The highest BCUT2D eigenvalue weighted by molar-refractivity contribution is 7.45. The average molecular weight is 348 g/mol. The standard InChI is InChI=1S/C14H12NO3P.C3H9NO/c1-10-5-7-12(8-6-10)15-14(16)11-3-2-4-13(9-11)19(17)18;1-4-2-3-5/h2-9H,1H3,(H,15,16);4-5H,2-3H2,1H3. The summed E-state index contributed by atoms with van der Waals surface area (Å²) in [6.45, 7) is 2.89. The molecule has 0 bridgehead atoms. The second-order valence-electron chi connectivity index (χ2n) is 4.95. The van der Waals surface area contributed by atoms with Crippen molar-refractivity contribution in [2.45, 2.75) is 6.92 Å². The highest BCUT2D eigenvalue weighted by Gasteiger charge is 2.12. The third-order valence-corrected chi connectivity index (χ3v) is 3.69. The van der Waals surface area contributed by atoms with Crippen molar-refractivity contribution in [3.05, 3.63) is 59.7 Å². The van der Waals surface area contributed by atoms with Crippen molar-refractivity contribution < 1.29 is 19.4 Å². The van der Waals surface area contributed by atoms with Crippen molar-refractivity contribution in [1.82, 2.24) is 5.32 Å². The highest BCUT2D eigenvalue weighted by atomic mass is 31.1. The molecule has 3 N–H and O–H groups in total. The number of carbonyl (C=O) groups is 1. The molecule has 1 amide bonds. The first-order valence-electron chi connectivity index (χ1n) is 7.36. The van der Waals surface area contributed by atoms with E-state index in [1.165, 1.54) is 12.1 Å². The quantitative estimate of drug-likeness (QED) is 0.704. The Hall–Kier alpha value is -2.11. The zero-order valence-electron chi connectivity index (χ0n) is 13.7. The molecular formula is C17H21N2O4P. The molecule has 24 heavy (non-hydrogen) atoms. The SMILES string of the molecule is CNCCO.Cc1ccc(NC(=O)c2cccc([P+](=O)[O-])c2)cc1. The van der Waals surface area contributed by atoms with Gasteiger partial charge in [0.15, 0.2) is 5.30 Å². The predicted molar refractivity (Wildman–Crippen MR) is 93.8 cm³/mol. The van der Waals surface area contributed by atoms with E-state index in [0.717, 1.165) is 5.56 Å². The Balaban J connectivity index is 0.000000505. The maximum Gasteiger partial charge on any atom is 0.348 e. The fourth-order valence-corrected chi connectivity index (χ4v) is 2.16. The number of hydrogen-bond acceptors (Lipinski definition) is 5. The van der Waals surface area contributed by atoms with Crippen LogP contribution in [0.3, 0.4) is 0 Å². The number of aryl methyl sites for hydroxylation is 1. The minimum atomic E-state index is -2.68. The molecule has 1 unspecified atom stereocenters. The first-order valence-corrected chi connectivity index (χ1v) is 8.53. The molecule has 0 saturated heterocycles. The van der Waals surface area contributed by atoms with E-state index in [1.54, 1.807) is 31.3 Å². The van der Waals surface area contributed by atoms with Gasteiger partial charge in [-0.2, -0.15) is 0 Å². The van der Waals surface area contributed by atoms with Gasteiger partial charge in [0.1, 0.15) is 0 Å². The van der Waals surface area contributed by atoms with Crippen molar-refractivity contribution in [2.75, 3.05) is 25.5 Å². The second-order valence-corrected chi connectivity index (χ2v) is 5.99. The fourth-order valence-electron chi connectivity index (χ4n) is 1.71. The van der Waals surface area contributed by atoms with E-state index < -0.39 is 8.03 Å². The largest absolute Gasteiger partial charge is 0.591 e. The number of rotatable bonds is 5. The Morgan fingerprint density at radius 1 is 1.21 bits per heavy atom. The summed E-state index contributed by atoms with van der Waals surface area (Å²) < 4.78 is 10.9. The molecule has 0 fully saturated rings. The van der Waals surface area contributed by atoms with Crippen LogP contribution < -0.4 is 20.8 Å². The number of aliphatic hydroxyl groups is 1. The summed E-state index contributed by atoms with van der Waals surface area (Å²) >= 11 is 0. The Labute approximate surface area is 142 Å². The summed E-state index contributed by atoms with van der Waals surface area (Å²) in [5.41, 5.74) is 2.09. The van der Waals surface area contributed by atoms with Crippen molar-refractivity contribution in [3.8, 4) is 0 Å². The van der Waals surface area contributed by atoms with Gasteiger partial charge in [0.2, 0.25) is 0 Å². The van der Waals surface area contributed by atoms with Crippen molar-refractivity contribution in [3.63, 3.8) is 0 Å². The Morgan fingerprint density at radius 3 is 2.38 bits per heavy atom. The molecule has 7 heteroatoms. The zero-order valence-corrected chi connectivity index (χ0v) is 14.5. The smallest absolute Gasteiger partial charge is 0.348 e. The summed E-state index contributed by atoms with van der Waals surface area (Å²) in [4.78, 5) is 22.8. The molecule has 2 aromatic rings. The number of nitrogens with one attached hydrogen (secondary N) is 2. The van der Waals surface area contributed by atoms with Crippen LogP contribution in [0, 0.1) is 6.92 Å². The number of anilines is 1. The Morgan fingerprint density at radius 2 is 1.88 bits per heavy atom. The lowest BCUT2D eigenvalue weighted by molar-refractivity contribution is -0.160. The molecule has 0 heterocycles. The van der Waals surface area contributed by atoms with Crippen molar-refractivity contribution >= 4 is 24.9 Å². The second kappa shape index (κ2) is 10.6. The van der Waals surface area contributed by atoms with Crippen LogP contribution in [-0.2, 0) is 4.57 Å². The van der Waals surface area contributed by atoms with Crippen LogP contribution in [0.15, 0.2) is 48.5 Å². The summed E-state index contributed by atoms with van der Waals surface area (Å²) in [6.07, 6.45) is 0. The lowest BCUT2D eigenvalue weighted by Gasteiger charge is -2.05. The van der Waals surface area contributed by atoms with Gasteiger partial charge in [0, 0.05) is 23.9 Å². The third-order valence-electron chi connectivity index (χ3n) is 2.99. The van der Waals surface area contributed by atoms with E-state index in [0.29, 0.717) is 17.8 Å². The van der Waals surface area contributed by atoms with E-state index >= 15 is 0 Å². The van der Waals surface area contributed by atoms with E-state index in [1.807, 2.05) is 19.1 Å². The number of hydrogen-bond donors (Lipinski definition) is 3. The lowest BCUT2D eigenvalue weighted by atomic mass is 10.2. The lowest BCUT2D eigenvalue weighted by Crippen LogP contribution is -2.14. The molecule has 0 aliphatic heterocycles. The zero-order chi connectivity index (χ0) is 17.9. The number of benzene rings is 2. The van der Waals surface area contributed by atoms with Crippen LogP contribution >= 0.6 is 8.03 Å². The average Bonchev–Trinajstić information content (AvgIpc) is 2.58. The number of aliphatic hydroxyl groups excluding tert-OH is 1. The minimum Gasteiger partial charge on any atom is -0.591 e. The molecule has 2 rings (SSSR count). The van der Waals surface area contributed by atoms with Gasteiger partial charge in [-0.3, -0.25) is 4.79 Å². The molecule has 2 aromatic carbocycles. The van der Waals surface area contributed by atoms with Crippen molar-refractivity contribution in [1.29, 1.82) is 0 Å². The van der Waals surface area contributed by atoms with Gasteiger partial charge in [-0.15, -0.1) is 0 Å². The summed E-state index contributed by atoms with van der Waals surface area (Å²) in [7, 11) is -0.878. The normalized spacial score (nSPS) is 10.4. The van der Waals surface area contributed by atoms with Crippen LogP contribution in [0.2, 0.25) is 0 Å². The number of amides is 1. The van der Waals surface area contributed by atoms with Crippen LogP contribution in [0.4, 0.5) is 5.69 Å². The molecule has 0 saturated carbocycles. The molecular weight excluding hydrogens is 327 g/mol. The van der Waals surface area contributed by atoms with Gasteiger partial charge in [0.25, 0.3) is 5.91 Å². The molecule has 6 nitrogen and oxygen atoms in total. The van der Waals surface area contributed by atoms with Gasteiger partial charge in [-0.05, 0) is 38.2 Å². The molecule has 0 radical (unpaired) electrons. The molecule has 0 aliphatic carbocycles. The predicted octanol–water partition coefficient (Wildman–Crippen LogP) is 1.17. The van der Waals surface area contributed by atoms with Crippen LogP contribution in [0.1, 0.15) is 15.9 Å². The van der Waals surface area contributed by atoms with E-state index in [9.17, 15) is 14.3 Å². The molecule has 0 aromatic heterocycles. The van der Waals surface area contributed by atoms with Crippen LogP contribution in [0.25, 0.3) is 0 Å². The molecule has 0 aliphatic rings.